The van der Waals surface area contributed by atoms with E-state index in [-0.39, 0.29) is 0 Å². The molecular weight excluding hydrogens is 625 g/mol. The van der Waals surface area contributed by atoms with Gasteiger partial charge in [-0.1, -0.05) is 127 Å². The third-order valence-electron chi connectivity index (χ3n) is 10.5. The summed E-state index contributed by atoms with van der Waals surface area (Å²) in [4.78, 5) is 0. The molecule has 0 radical (unpaired) electrons. The Labute approximate surface area is 292 Å². The maximum atomic E-state index is 6.72. The quantitative estimate of drug-likeness (QED) is 0.173. The van der Waals surface area contributed by atoms with Crippen molar-refractivity contribution in [1.29, 1.82) is 0 Å². The van der Waals surface area contributed by atoms with Gasteiger partial charge in [-0.2, -0.15) is 0 Å². The summed E-state index contributed by atoms with van der Waals surface area (Å²) in [5.74, 6) is 0. The monoisotopic (exact) mass is 652 g/mol. The first-order valence-electron chi connectivity index (χ1n) is 17.1. The Balaban J connectivity index is 1.10. The lowest BCUT2D eigenvalue weighted by atomic mass is 9.85. The van der Waals surface area contributed by atoms with Gasteiger partial charge in [-0.25, -0.2) is 0 Å². The van der Waals surface area contributed by atoms with Crippen LogP contribution in [0.25, 0.3) is 108 Å². The molecule has 0 aliphatic heterocycles. The standard InChI is InChI=1S/C48H28OS/c1-3-11-31-23-33(19-17-29(31)9-1)43-28-50-46-27-41-36-22-21-35(25-44(36)49-45(41)26-42(43)46)48-39-15-7-5-13-37(39)47(38-14-6-8-16-40(38)48)34-20-18-30-10-2-4-12-32(30)24-34/h1-28H. The average Bonchev–Trinajstić information content (AvgIpc) is 3.75. The number of hydrogen-bond donors (Lipinski definition) is 0. The van der Waals surface area contributed by atoms with Gasteiger partial charge in [-0.3, -0.25) is 0 Å². The minimum Gasteiger partial charge on any atom is -0.456 e. The maximum Gasteiger partial charge on any atom is 0.136 e. The van der Waals surface area contributed by atoms with Gasteiger partial charge in [0.15, 0.2) is 0 Å². The van der Waals surface area contributed by atoms with E-state index in [1.807, 2.05) is 0 Å². The third-order valence-corrected chi connectivity index (χ3v) is 11.4. The van der Waals surface area contributed by atoms with Crippen molar-refractivity contribution in [2.75, 3.05) is 0 Å². The number of thiophene rings is 1. The molecule has 9 aromatic carbocycles. The Morgan fingerprint density at radius 2 is 0.840 bits per heavy atom. The van der Waals surface area contributed by atoms with Gasteiger partial charge < -0.3 is 4.42 Å². The van der Waals surface area contributed by atoms with Gasteiger partial charge in [0, 0.05) is 26.4 Å². The van der Waals surface area contributed by atoms with Gasteiger partial charge in [0.25, 0.3) is 0 Å². The van der Waals surface area contributed by atoms with E-state index in [0.717, 1.165) is 27.5 Å². The highest BCUT2D eigenvalue weighted by molar-refractivity contribution is 7.17. The van der Waals surface area contributed by atoms with Crippen molar-refractivity contribution in [3.05, 3.63) is 169 Å². The molecule has 11 rings (SSSR count). The van der Waals surface area contributed by atoms with Crippen molar-refractivity contribution < 1.29 is 4.42 Å². The summed E-state index contributed by atoms with van der Waals surface area (Å²) in [6.07, 6.45) is 0. The molecule has 0 spiro atoms. The molecule has 2 heteroatoms. The van der Waals surface area contributed by atoms with Gasteiger partial charge in [0.05, 0.1) is 0 Å². The molecule has 0 bridgehead atoms. The first-order chi connectivity index (χ1) is 24.8. The van der Waals surface area contributed by atoms with Crippen LogP contribution in [0.1, 0.15) is 0 Å². The highest BCUT2D eigenvalue weighted by atomic mass is 32.1. The molecule has 232 valence electrons. The zero-order valence-electron chi connectivity index (χ0n) is 27.0. The Hall–Kier alpha value is -6.22. The Morgan fingerprint density at radius 1 is 0.340 bits per heavy atom. The SMILES string of the molecule is c1ccc2cc(-c3csc4cc5c(cc34)oc3cc(-c4c6ccccc6c(-c6ccc7ccccc7c6)c6ccccc46)ccc35)ccc2c1. The highest BCUT2D eigenvalue weighted by Crippen LogP contribution is 2.46. The first kappa shape index (κ1) is 27.7. The van der Waals surface area contributed by atoms with Crippen LogP contribution in [0.3, 0.4) is 0 Å². The van der Waals surface area contributed by atoms with Crippen LogP contribution in [0.4, 0.5) is 0 Å². The fourth-order valence-electron chi connectivity index (χ4n) is 8.13. The van der Waals surface area contributed by atoms with Crippen molar-refractivity contribution in [2.24, 2.45) is 0 Å². The molecule has 0 aliphatic carbocycles. The summed E-state index contributed by atoms with van der Waals surface area (Å²) < 4.78 is 7.99. The van der Waals surface area contributed by atoms with Gasteiger partial charge in [0.2, 0.25) is 0 Å². The van der Waals surface area contributed by atoms with Crippen LogP contribution >= 0.6 is 11.3 Å². The van der Waals surface area contributed by atoms with Crippen molar-refractivity contribution in [1.82, 2.24) is 0 Å². The topological polar surface area (TPSA) is 13.1 Å². The largest absolute Gasteiger partial charge is 0.456 e. The zero-order chi connectivity index (χ0) is 32.8. The van der Waals surface area contributed by atoms with E-state index >= 15 is 0 Å². The number of fused-ring (bicyclic) bond motifs is 8. The Bertz CT molecular complexity index is 3100. The summed E-state index contributed by atoms with van der Waals surface area (Å²) in [6.45, 7) is 0. The van der Waals surface area contributed by atoms with Crippen molar-refractivity contribution in [3.8, 4) is 33.4 Å². The molecule has 0 N–H and O–H groups in total. The molecule has 0 amide bonds. The highest BCUT2D eigenvalue weighted by Gasteiger charge is 2.19. The molecule has 0 fully saturated rings. The van der Waals surface area contributed by atoms with Gasteiger partial charge in [-0.05, 0) is 113 Å². The molecule has 0 atom stereocenters. The van der Waals surface area contributed by atoms with Crippen LogP contribution in [-0.2, 0) is 0 Å². The molecule has 1 nitrogen and oxygen atoms in total. The summed E-state index contributed by atoms with van der Waals surface area (Å²) in [6, 6.07) is 59.8. The van der Waals surface area contributed by atoms with Crippen LogP contribution in [-0.4, -0.2) is 0 Å². The Kier molecular flexibility index (Phi) is 5.89. The number of hydrogen-bond acceptors (Lipinski definition) is 2. The second-order valence-electron chi connectivity index (χ2n) is 13.3. The number of benzene rings is 9. The van der Waals surface area contributed by atoms with E-state index in [9.17, 15) is 0 Å². The summed E-state index contributed by atoms with van der Waals surface area (Å²) in [7, 11) is 0. The molecule has 11 aromatic rings. The molecule has 0 aliphatic rings. The van der Waals surface area contributed by atoms with Crippen molar-refractivity contribution in [3.63, 3.8) is 0 Å². The molecule has 2 aromatic heterocycles. The van der Waals surface area contributed by atoms with Crippen LogP contribution in [0, 0.1) is 0 Å². The maximum absolute atomic E-state index is 6.72. The minimum atomic E-state index is 0.911. The van der Waals surface area contributed by atoms with E-state index in [2.05, 4.69) is 169 Å². The lowest BCUT2D eigenvalue weighted by Crippen LogP contribution is -1.91. The fraction of sp³-hybridized carbons (Fsp3) is 0. The molecule has 50 heavy (non-hydrogen) atoms. The minimum absolute atomic E-state index is 0.911. The molecular formula is C48H28OS. The second-order valence-corrected chi connectivity index (χ2v) is 14.2. The van der Waals surface area contributed by atoms with Crippen molar-refractivity contribution >= 4 is 86.5 Å². The predicted molar refractivity (Wildman–Crippen MR) is 215 cm³/mol. The van der Waals surface area contributed by atoms with E-state index in [1.165, 1.54) is 81.0 Å². The fourth-order valence-corrected chi connectivity index (χ4v) is 9.12. The third kappa shape index (κ3) is 4.13. The van der Waals surface area contributed by atoms with E-state index in [4.69, 9.17) is 4.42 Å². The van der Waals surface area contributed by atoms with E-state index in [1.54, 1.807) is 11.3 Å². The van der Waals surface area contributed by atoms with Crippen LogP contribution in [0.5, 0.6) is 0 Å². The van der Waals surface area contributed by atoms with Gasteiger partial charge in [-0.15, -0.1) is 11.3 Å². The zero-order valence-corrected chi connectivity index (χ0v) is 27.8. The van der Waals surface area contributed by atoms with Crippen LogP contribution in [0.2, 0.25) is 0 Å². The summed E-state index contributed by atoms with van der Waals surface area (Å²) >= 11 is 1.80. The molecule has 0 saturated heterocycles. The first-order valence-corrected chi connectivity index (χ1v) is 17.9. The smallest absolute Gasteiger partial charge is 0.136 e. The predicted octanol–water partition coefficient (Wildman–Crippen LogP) is 14.4. The molecule has 0 unspecified atom stereocenters. The second kappa shape index (κ2) is 10.6. The molecule has 0 saturated carbocycles. The Morgan fingerprint density at radius 3 is 1.48 bits per heavy atom. The van der Waals surface area contributed by atoms with E-state index < -0.39 is 0 Å². The van der Waals surface area contributed by atoms with Gasteiger partial charge in [0.1, 0.15) is 11.2 Å². The lowest BCUT2D eigenvalue weighted by molar-refractivity contribution is 0.669. The molecule has 2 heterocycles. The lowest BCUT2D eigenvalue weighted by Gasteiger charge is -2.18. The average molecular weight is 653 g/mol. The van der Waals surface area contributed by atoms with Gasteiger partial charge >= 0.3 is 0 Å². The van der Waals surface area contributed by atoms with E-state index in [0.29, 0.717) is 0 Å². The normalized spacial score (nSPS) is 12.0. The van der Waals surface area contributed by atoms with Crippen LogP contribution in [0.15, 0.2) is 174 Å². The van der Waals surface area contributed by atoms with Crippen LogP contribution < -0.4 is 0 Å². The summed E-state index contributed by atoms with van der Waals surface area (Å²) in [5.41, 5.74) is 9.23. The van der Waals surface area contributed by atoms with Crippen molar-refractivity contribution in [2.45, 2.75) is 0 Å². The summed E-state index contributed by atoms with van der Waals surface area (Å²) in [5, 5.41) is 15.8. The number of rotatable bonds is 3. The number of furan rings is 1.